The molecule has 2 rings (SSSR count). The van der Waals surface area contributed by atoms with E-state index in [1.807, 2.05) is 18.2 Å². The van der Waals surface area contributed by atoms with Crippen molar-refractivity contribution >= 4 is 6.09 Å². The number of benzene rings is 1. The zero-order valence-electron chi connectivity index (χ0n) is 11.0. The summed E-state index contributed by atoms with van der Waals surface area (Å²) in [6.45, 7) is 3.87. The lowest BCUT2D eigenvalue weighted by Gasteiger charge is -2.20. The third-order valence-electron chi connectivity index (χ3n) is 3.21. The maximum atomic E-state index is 12.0. The van der Waals surface area contributed by atoms with Crippen LogP contribution in [0, 0.1) is 0 Å². The van der Waals surface area contributed by atoms with Gasteiger partial charge in [-0.05, 0) is 25.1 Å². The van der Waals surface area contributed by atoms with Gasteiger partial charge in [0.2, 0.25) is 0 Å². The van der Waals surface area contributed by atoms with Crippen molar-refractivity contribution in [2.45, 2.75) is 6.42 Å². The van der Waals surface area contributed by atoms with Crippen LogP contribution in [0.5, 0.6) is 5.75 Å². The molecule has 5 nitrogen and oxygen atoms in total. The van der Waals surface area contributed by atoms with Crippen molar-refractivity contribution in [3.05, 3.63) is 30.3 Å². The molecule has 0 radical (unpaired) electrons. The lowest BCUT2D eigenvalue weighted by molar-refractivity contribution is 0.151. The first kappa shape index (κ1) is 13.8. The van der Waals surface area contributed by atoms with Crippen LogP contribution in [-0.2, 0) is 0 Å². The molecule has 0 bridgehead atoms. The van der Waals surface area contributed by atoms with Gasteiger partial charge < -0.3 is 14.7 Å². The molecule has 0 aliphatic carbocycles. The molecule has 1 aliphatic rings. The van der Waals surface area contributed by atoms with E-state index in [4.69, 9.17) is 9.84 Å². The van der Waals surface area contributed by atoms with Crippen molar-refractivity contribution in [1.82, 2.24) is 9.80 Å². The van der Waals surface area contributed by atoms with Crippen molar-refractivity contribution in [3.8, 4) is 5.75 Å². The normalized spacial score (nSPS) is 17.0. The van der Waals surface area contributed by atoms with Crippen LogP contribution < -0.4 is 4.74 Å². The number of carbonyl (C=O) groups excluding carboxylic acids is 1. The van der Waals surface area contributed by atoms with E-state index in [2.05, 4.69) is 4.90 Å². The molecule has 1 aliphatic heterocycles. The highest BCUT2D eigenvalue weighted by molar-refractivity contribution is 5.70. The largest absolute Gasteiger partial charge is 0.415 e. The van der Waals surface area contributed by atoms with Crippen LogP contribution in [0.15, 0.2) is 30.3 Å². The average molecular weight is 264 g/mol. The number of para-hydroxylation sites is 1. The van der Waals surface area contributed by atoms with E-state index in [0.29, 0.717) is 25.4 Å². The molecule has 0 spiro atoms. The van der Waals surface area contributed by atoms with Crippen molar-refractivity contribution in [1.29, 1.82) is 0 Å². The molecule has 0 saturated carbocycles. The summed E-state index contributed by atoms with van der Waals surface area (Å²) in [6, 6.07) is 9.11. The maximum Gasteiger partial charge on any atom is 0.415 e. The highest BCUT2D eigenvalue weighted by atomic mass is 16.6. The Balaban J connectivity index is 1.86. The molecule has 5 heteroatoms. The second-order valence-electron chi connectivity index (χ2n) is 4.59. The van der Waals surface area contributed by atoms with Gasteiger partial charge in [0, 0.05) is 26.2 Å². The summed E-state index contributed by atoms with van der Waals surface area (Å²) in [4.78, 5) is 15.9. The molecule has 0 unspecified atom stereocenters. The highest BCUT2D eigenvalue weighted by Crippen LogP contribution is 2.11. The minimum absolute atomic E-state index is 0.161. The molecule has 1 amide bonds. The molecule has 1 aromatic rings. The number of β-amino-alcohol motifs (C(OH)–C–C–N with tert-alkyl or cyclic N) is 1. The van der Waals surface area contributed by atoms with E-state index in [1.54, 1.807) is 17.0 Å². The first-order chi connectivity index (χ1) is 9.29. The van der Waals surface area contributed by atoms with E-state index >= 15 is 0 Å². The quantitative estimate of drug-likeness (QED) is 0.891. The summed E-state index contributed by atoms with van der Waals surface area (Å²) in [7, 11) is 0. The molecular weight excluding hydrogens is 244 g/mol. The SMILES string of the molecule is O=C(Oc1ccccc1)N1CCCN(CCO)CC1. The van der Waals surface area contributed by atoms with Crippen LogP contribution >= 0.6 is 0 Å². The summed E-state index contributed by atoms with van der Waals surface area (Å²) in [5, 5.41) is 8.93. The molecule has 0 atom stereocenters. The Kier molecular flexibility index (Phi) is 5.18. The van der Waals surface area contributed by atoms with Crippen molar-refractivity contribution in [2.75, 3.05) is 39.3 Å². The lowest BCUT2D eigenvalue weighted by atomic mass is 10.3. The Morgan fingerprint density at radius 3 is 2.68 bits per heavy atom. The van der Waals surface area contributed by atoms with Crippen LogP contribution in [0.4, 0.5) is 4.79 Å². The van der Waals surface area contributed by atoms with E-state index in [9.17, 15) is 4.79 Å². The van der Waals surface area contributed by atoms with E-state index in [0.717, 1.165) is 19.5 Å². The van der Waals surface area contributed by atoms with Gasteiger partial charge in [0.15, 0.2) is 0 Å². The van der Waals surface area contributed by atoms with Crippen LogP contribution in [0.1, 0.15) is 6.42 Å². The molecule has 1 heterocycles. The predicted molar refractivity (Wildman–Crippen MR) is 72.2 cm³/mol. The van der Waals surface area contributed by atoms with Crippen LogP contribution in [0.2, 0.25) is 0 Å². The Hall–Kier alpha value is -1.59. The number of amides is 1. The van der Waals surface area contributed by atoms with Gasteiger partial charge in [0.1, 0.15) is 5.75 Å². The zero-order chi connectivity index (χ0) is 13.5. The summed E-state index contributed by atoms with van der Waals surface area (Å²) in [5.41, 5.74) is 0. The van der Waals surface area contributed by atoms with Crippen LogP contribution in [-0.4, -0.2) is 60.3 Å². The van der Waals surface area contributed by atoms with Crippen LogP contribution in [0.25, 0.3) is 0 Å². The number of aliphatic hydroxyl groups excluding tert-OH is 1. The summed E-state index contributed by atoms with van der Waals surface area (Å²) in [6.07, 6.45) is 0.612. The van der Waals surface area contributed by atoms with E-state index in [-0.39, 0.29) is 12.7 Å². The van der Waals surface area contributed by atoms with Crippen molar-refractivity contribution in [3.63, 3.8) is 0 Å². The minimum atomic E-state index is -0.294. The number of aliphatic hydroxyl groups is 1. The van der Waals surface area contributed by atoms with Gasteiger partial charge in [-0.2, -0.15) is 0 Å². The van der Waals surface area contributed by atoms with E-state index in [1.165, 1.54) is 0 Å². The standard InChI is InChI=1S/C14H20N2O3/c17-12-11-15-7-4-8-16(10-9-15)14(18)19-13-5-2-1-3-6-13/h1-3,5-6,17H,4,7-12H2. The minimum Gasteiger partial charge on any atom is -0.410 e. The van der Waals surface area contributed by atoms with Gasteiger partial charge in [-0.25, -0.2) is 4.79 Å². The first-order valence-electron chi connectivity index (χ1n) is 6.64. The fourth-order valence-corrected chi connectivity index (χ4v) is 2.17. The molecule has 1 fully saturated rings. The molecule has 104 valence electrons. The average Bonchev–Trinajstić information content (AvgIpc) is 2.66. The molecule has 1 saturated heterocycles. The molecule has 1 aromatic carbocycles. The second-order valence-corrected chi connectivity index (χ2v) is 4.59. The van der Waals surface area contributed by atoms with Gasteiger partial charge in [-0.15, -0.1) is 0 Å². The Morgan fingerprint density at radius 2 is 1.95 bits per heavy atom. The fourth-order valence-electron chi connectivity index (χ4n) is 2.17. The molecule has 0 aromatic heterocycles. The second kappa shape index (κ2) is 7.11. The number of ether oxygens (including phenoxy) is 1. The van der Waals surface area contributed by atoms with Gasteiger partial charge in [-0.3, -0.25) is 4.90 Å². The Bertz CT molecular complexity index is 397. The zero-order valence-corrected chi connectivity index (χ0v) is 11.0. The van der Waals surface area contributed by atoms with Crippen molar-refractivity contribution in [2.24, 2.45) is 0 Å². The fraction of sp³-hybridized carbons (Fsp3) is 0.500. The molecule has 1 N–H and O–H groups in total. The summed E-state index contributed by atoms with van der Waals surface area (Å²) >= 11 is 0. The monoisotopic (exact) mass is 264 g/mol. The van der Waals surface area contributed by atoms with Crippen molar-refractivity contribution < 1.29 is 14.6 Å². The highest BCUT2D eigenvalue weighted by Gasteiger charge is 2.20. The lowest BCUT2D eigenvalue weighted by Crippen LogP contribution is -2.37. The molecule has 19 heavy (non-hydrogen) atoms. The predicted octanol–water partition coefficient (Wildman–Crippen LogP) is 1.19. The van der Waals surface area contributed by atoms with Gasteiger partial charge in [0.25, 0.3) is 0 Å². The van der Waals surface area contributed by atoms with Gasteiger partial charge >= 0.3 is 6.09 Å². The van der Waals surface area contributed by atoms with E-state index < -0.39 is 0 Å². The Morgan fingerprint density at radius 1 is 1.16 bits per heavy atom. The number of carbonyl (C=O) groups is 1. The third kappa shape index (κ3) is 4.22. The summed E-state index contributed by atoms with van der Waals surface area (Å²) in [5.74, 6) is 0.573. The number of nitrogens with zero attached hydrogens (tertiary/aromatic N) is 2. The van der Waals surface area contributed by atoms with Gasteiger partial charge in [0.05, 0.1) is 6.61 Å². The van der Waals surface area contributed by atoms with Crippen LogP contribution in [0.3, 0.4) is 0 Å². The number of hydrogen-bond acceptors (Lipinski definition) is 4. The third-order valence-corrected chi connectivity index (χ3v) is 3.21. The molecular formula is C14H20N2O3. The topological polar surface area (TPSA) is 53.0 Å². The smallest absolute Gasteiger partial charge is 0.410 e. The number of rotatable bonds is 3. The Labute approximate surface area is 113 Å². The summed E-state index contributed by atoms with van der Waals surface area (Å²) < 4.78 is 5.32. The number of hydrogen-bond donors (Lipinski definition) is 1. The van der Waals surface area contributed by atoms with Gasteiger partial charge in [-0.1, -0.05) is 18.2 Å². The first-order valence-corrected chi connectivity index (χ1v) is 6.64. The maximum absolute atomic E-state index is 12.0.